The third-order valence-electron chi connectivity index (χ3n) is 5.21. The highest BCUT2D eigenvalue weighted by atomic mass is 19.1. The molecule has 1 fully saturated rings. The molecule has 2 aromatic carbocycles. The molecule has 0 aliphatic heterocycles. The van der Waals surface area contributed by atoms with Crippen molar-refractivity contribution in [2.24, 2.45) is 0 Å². The molecule has 0 radical (unpaired) electrons. The lowest BCUT2D eigenvalue weighted by Crippen LogP contribution is -2.37. The number of halogens is 1. The molecule has 0 heterocycles. The zero-order chi connectivity index (χ0) is 17.6. The predicted molar refractivity (Wildman–Crippen MR) is 97.6 cm³/mol. The Hall–Kier alpha value is -2.07. The van der Waals surface area contributed by atoms with E-state index in [-0.39, 0.29) is 5.82 Å². The first-order valence-corrected chi connectivity index (χ1v) is 8.99. The normalized spacial score (nSPS) is 20.6. The van der Waals surface area contributed by atoms with Gasteiger partial charge in [-0.15, -0.1) is 0 Å². The Kier molecular flexibility index (Phi) is 5.92. The van der Waals surface area contributed by atoms with E-state index in [4.69, 9.17) is 4.74 Å². The fourth-order valence-electron chi connectivity index (χ4n) is 3.62. The van der Waals surface area contributed by atoms with Crippen molar-refractivity contribution >= 4 is 0 Å². The second-order valence-electron chi connectivity index (χ2n) is 6.88. The minimum atomic E-state index is -0.241. The number of rotatable bonds is 6. The number of benzene rings is 2. The molecule has 1 N–H and O–H groups in total. The van der Waals surface area contributed by atoms with E-state index < -0.39 is 0 Å². The number of hydrogen-bond donors (Lipinski definition) is 1. The van der Waals surface area contributed by atoms with Crippen LogP contribution in [0.3, 0.4) is 0 Å². The Morgan fingerprint density at radius 3 is 2.28 bits per heavy atom. The average molecular weight is 343 g/mol. The average Bonchev–Trinajstić information content (AvgIpc) is 2.64. The molecule has 2 aromatic rings. The van der Waals surface area contributed by atoms with Gasteiger partial charge in [-0.1, -0.05) is 12.1 Å². The zero-order valence-corrected chi connectivity index (χ0v) is 14.7. The summed E-state index contributed by atoms with van der Waals surface area (Å²) in [4.78, 5) is 2.37. The summed E-state index contributed by atoms with van der Waals surface area (Å²) in [6.45, 7) is 1.48. The van der Waals surface area contributed by atoms with E-state index in [1.54, 1.807) is 24.3 Å². The van der Waals surface area contributed by atoms with Crippen LogP contribution in [-0.2, 0) is 0 Å². The van der Waals surface area contributed by atoms with Crippen molar-refractivity contribution in [3.8, 4) is 11.5 Å². The van der Waals surface area contributed by atoms with Gasteiger partial charge in [-0.3, -0.25) is 0 Å². The summed E-state index contributed by atoms with van der Waals surface area (Å²) in [5.41, 5.74) is 1.33. The molecule has 0 unspecified atom stereocenters. The molecule has 0 saturated heterocycles. The Bertz CT molecular complexity index is 649. The molecular formula is C21H26FNO2. The second kappa shape index (κ2) is 8.34. The van der Waals surface area contributed by atoms with Crippen LogP contribution in [0.4, 0.5) is 4.39 Å². The van der Waals surface area contributed by atoms with Gasteiger partial charge in [0.15, 0.2) is 0 Å². The van der Waals surface area contributed by atoms with Crippen molar-refractivity contribution in [2.45, 2.75) is 37.6 Å². The zero-order valence-electron chi connectivity index (χ0n) is 14.7. The van der Waals surface area contributed by atoms with Crippen molar-refractivity contribution in [3.05, 3.63) is 59.9 Å². The predicted octanol–water partition coefficient (Wildman–Crippen LogP) is 4.57. The van der Waals surface area contributed by atoms with E-state index in [1.165, 1.54) is 43.4 Å². The number of hydrogen-bond acceptors (Lipinski definition) is 3. The van der Waals surface area contributed by atoms with Gasteiger partial charge in [0.05, 0.1) is 0 Å². The molecular weight excluding hydrogens is 317 g/mol. The molecule has 0 bridgehead atoms. The van der Waals surface area contributed by atoms with Gasteiger partial charge in [0, 0.05) is 12.6 Å². The maximum atomic E-state index is 12.9. The van der Waals surface area contributed by atoms with Crippen LogP contribution in [0, 0.1) is 5.82 Å². The monoisotopic (exact) mass is 343 g/mol. The number of ether oxygens (including phenoxy) is 1. The first kappa shape index (κ1) is 17.7. The summed E-state index contributed by atoms with van der Waals surface area (Å²) < 4.78 is 18.6. The number of aromatic hydroxyl groups is 1. The van der Waals surface area contributed by atoms with Crippen molar-refractivity contribution in [1.82, 2.24) is 4.90 Å². The molecule has 134 valence electrons. The van der Waals surface area contributed by atoms with Crippen LogP contribution in [-0.4, -0.2) is 36.2 Å². The first-order valence-electron chi connectivity index (χ1n) is 8.99. The minimum absolute atomic E-state index is 0.241. The van der Waals surface area contributed by atoms with E-state index in [0.717, 1.165) is 6.54 Å². The highest BCUT2D eigenvalue weighted by Crippen LogP contribution is 2.34. The van der Waals surface area contributed by atoms with Crippen molar-refractivity contribution in [2.75, 3.05) is 20.2 Å². The van der Waals surface area contributed by atoms with Gasteiger partial charge in [-0.05, 0) is 80.6 Å². The highest BCUT2D eigenvalue weighted by molar-refractivity contribution is 5.28. The Balaban J connectivity index is 1.41. The van der Waals surface area contributed by atoms with Crippen LogP contribution in [0.5, 0.6) is 11.5 Å². The molecule has 1 aliphatic rings. The van der Waals surface area contributed by atoms with Crippen LogP contribution in [0.15, 0.2) is 48.5 Å². The summed E-state index contributed by atoms with van der Waals surface area (Å²) in [5.74, 6) is 1.40. The lowest BCUT2D eigenvalue weighted by Gasteiger charge is -2.34. The largest absolute Gasteiger partial charge is 0.508 e. The molecule has 1 aliphatic carbocycles. The quantitative estimate of drug-likeness (QED) is 0.834. The van der Waals surface area contributed by atoms with Gasteiger partial charge in [0.2, 0.25) is 0 Å². The molecule has 25 heavy (non-hydrogen) atoms. The molecule has 0 spiro atoms. The van der Waals surface area contributed by atoms with Gasteiger partial charge in [0.1, 0.15) is 23.9 Å². The van der Waals surface area contributed by atoms with Gasteiger partial charge < -0.3 is 14.7 Å². The van der Waals surface area contributed by atoms with E-state index >= 15 is 0 Å². The Labute approximate surface area is 149 Å². The fraction of sp³-hybridized carbons (Fsp3) is 0.429. The van der Waals surface area contributed by atoms with Gasteiger partial charge in [-0.25, -0.2) is 4.39 Å². The van der Waals surface area contributed by atoms with Crippen molar-refractivity contribution in [3.63, 3.8) is 0 Å². The van der Waals surface area contributed by atoms with E-state index in [9.17, 15) is 9.50 Å². The lowest BCUT2D eigenvalue weighted by molar-refractivity contribution is 0.154. The van der Waals surface area contributed by atoms with E-state index in [2.05, 4.69) is 11.9 Å². The number of nitrogens with zero attached hydrogens (tertiary/aromatic N) is 1. The summed E-state index contributed by atoms with van der Waals surface area (Å²) in [6, 6.07) is 14.4. The highest BCUT2D eigenvalue weighted by Gasteiger charge is 2.24. The van der Waals surface area contributed by atoms with Gasteiger partial charge in [-0.2, -0.15) is 0 Å². The Morgan fingerprint density at radius 2 is 1.64 bits per heavy atom. The summed E-state index contributed by atoms with van der Waals surface area (Å²) in [5, 5.41) is 9.41. The van der Waals surface area contributed by atoms with Crippen LogP contribution in [0.25, 0.3) is 0 Å². The molecule has 1 saturated carbocycles. The van der Waals surface area contributed by atoms with Crippen LogP contribution < -0.4 is 4.74 Å². The number of likely N-dealkylation sites (N-methyl/N-ethyl adjacent to an activating group) is 1. The number of phenolic OH excluding ortho intramolecular Hbond substituents is 1. The minimum Gasteiger partial charge on any atom is -0.508 e. The first-order chi connectivity index (χ1) is 12.1. The van der Waals surface area contributed by atoms with Crippen LogP contribution in [0.1, 0.15) is 37.2 Å². The topological polar surface area (TPSA) is 32.7 Å². The van der Waals surface area contributed by atoms with Crippen LogP contribution in [0.2, 0.25) is 0 Å². The summed E-state index contributed by atoms with van der Waals surface area (Å²) >= 11 is 0. The standard InChI is InChI=1S/C21H26FNO2/c1-23(14-15-25-21-12-6-18(22)7-13-21)19-8-2-16(3-9-19)17-4-10-20(24)11-5-17/h4-7,10-13,16,19,24H,2-3,8-9,14-15H2,1H3. The second-order valence-corrected chi connectivity index (χ2v) is 6.88. The third-order valence-corrected chi connectivity index (χ3v) is 5.21. The van der Waals surface area contributed by atoms with Crippen molar-refractivity contribution < 1.29 is 14.2 Å². The SMILES string of the molecule is CN(CCOc1ccc(F)cc1)C1CCC(c2ccc(O)cc2)CC1. The molecule has 3 rings (SSSR count). The van der Waals surface area contributed by atoms with Crippen LogP contribution >= 0.6 is 0 Å². The summed E-state index contributed by atoms with van der Waals surface area (Å²) in [7, 11) is 2.15. The van der Waals surface area contributed by atoms with Crippen molar-refractivity contribution in [1.29, 1.82) is 0 Å². The maximum Gasteiger partial charge on any atom is 0.123 e. The lowest BCUT2D eigenvalue weighted by atomic mass is 9.81. The molecule has 4 heteroatoms. The summed E-state index contributed by atoms with van der Waals surface area (Å²) in [6.07, 6.45) is 4.72. The maximum absolute atomic E-state index is 12.9. The molecule has 0 amide bonds. The molecule has 0 atom stereocenters. The van der Waals surface area contributed by atoms with Gasteiger partial charge in [0.25, 0.3) is 0 Å². The molecule has 0 aromatic heterocycles. The van der Waals surface area contributed by atoms with E-state index in [0.29, 0.717) is 30.1 Å². The Morgan fingerprint density at radius 1 is 1.00 bits per heavy atom. The molecule has 3 nitrogen and oxygen atoms in total. The smallest absolute Gasteiger partial charge is 0.123 e. The fourth-order valence-corrected chi connectivity index (χ4v) is 3.62. The van der Waals surface area contributed by atoms with Gasteiger partial charge >= 0.3 is 0 Å². The third kappa shape index (κ3) is 4.95. The number of phenols is 1. The van der Waals surface area contributed by atoms with E-state index in [1.807, 2.05) is 12.1 Å².